The molecule has 10 aromatic rings. The molecule has 5 heterocycles. The third-order valence-electron chi connectivity index (χ3n) is 17.7. The molecule has 0 amide bonds. The van der Waals surface area contributed by atoms with Crippen LogP contribution in [0.25, 0.3) is 66.0 Å². The molecular weight excluding hydrogens is 856 g/mol. The van der Waals surface area contributed by atoms with Crippen molar-refractivity contribution in [2.75, 3.05) is 9.71 Å². The fraction of sp³-hybridized carbons (Fsp3) is 0.312. The van der Waals surface area contributed by atoms with Gasteiger partial charge in [0.1, 0.15) is 28.0 Å². The van der Waals surface area contributed by atoms with Gasteiger partial charge >= 0.3 is 6.85 Å². The summed E-state index contributed by atoms with van der Waals surface area (Å²) in [5.74, 6) is 0. The molecule has 3 aromatic heterocycles. The number of fused-ring (bicyclic) bond motifs is 15. The highest BCUT2D eigenvalue weighted by Crippen LogP contribution is 2.56. The van der Waals surface area contributed by atoms with E-state index in [1.54, 1.807) is 0 Å². The Labute approximate surface area is 411 Å². The number of nitrogens with zero attached hydrogens (tertiary/aromatic N) is 2. The Morgan fingerprint density at radius 1 is 0.457 bits per heavy atom. The second-order valence-corrected chi connectivity index (χ2v) is 25.0. The number of para-hydroxylation sites is 2. The molecule has 348 valence electrons. The fourth-order valence-corrected chi connectivity index (χ4v) is 13.3. The van der Waals surface area contributed by atoms with Crippen molar-refractivity contribution in [1.82, 2.24) is 0 Å². The summed E-state index contributed by atoms with van der Waals surface area (Å²) >= 11 is 0. The maximum atomic E-state index is 7.72. The predicted octanol–water partition coefficient (Wildman–Crippen LogP) is 16.9. The van der Waals surface area contributed by atoms with Gasteiger partial charge in [-0.15, -0.1) is 0 Å². The van der Waals surface area contributed by atoms with Crippen molar-refractivity contribution in [3.63, 3.8) is 0 Å². The highest BCUT2D eigenvalue weighted by atomic mass is 16.3. The van der Waals surface area contributed by atoms with E-state index in [-0.39, 0.29) is 33.9 Å². The first kappa shape index (κ1) is 42.2. The van der Waals surface area contributed by atoms with Gasteiger partial charge in [0.2, 0.25) is 0 Å². The third kappa shape index (κ3) is 5.68. The zero-order chi connectivity index (χ0) is 48.2. The van der Waals surface area contributed by atoms with Crippen LogP contribution >= 0.6 is 0 Å². The van der Waals surface area contributed by atoms with Gasteiger partial charge in [-0.25, -0.2) is 0 Å². The van der Waals surface area contributed by atoms with Crippen LogP contribution in [0.1, 0.15) is 130 Å². The van der Waals surface area contributed by atoms with Gasteiger partial charge in [-0.1, -0.05) is 131 Å². The standard InChI is InChI=1S/C64H61BN2O3/c1-60(2,3)36-20-22-37(23-21-36)67-50-35-54-42(39-16-12-14-18-51(39)68-54)31-41(50)43-32-44-40-17-13-15-19-52(40)69-58(44)57-55(43)65(67)59-56(45-33-48-49(34-53(45)70-59)64(10,11)29-28-63(48,8)9)66(57)38-24-25-46-47(30-38)62(6,7)27-26-61(46,4)5/h12-25,30-35H,26-29H2,1-11H3. The second kappa shape index (κ2) is 13.6. The van der Waals surface area contributed by atoms with E-state index in [0.717, 1.165) is 120 Å². The predicted molar refractivity (Wildman–Crippen MR) is 294 cm³/mol. The van der Waals surface area contributed by atoms with Crippen molar-refractivity contribution in [1.29, 1.82) is 0 Å². The molecule has 2 aliphatic heterocycles. The van der Waals surface area contributed by atoms with Crippen LogP contribution in [0.4, 0.5) is 28.4 Å². The Kier molecular flexibility index (Phi) is 8.21. The highest BCUT2D eigenvalue weighted by molar-refractivity contribution is 6.93. The summed E-state index contributed by atoms with van der Waals surface area (Å²) in [5.41, 5.74) is 21.4. The average molecular weight is 917 g/mol. The molecular formula is C64H61BN2O3. The molecule has 6 heteroatoms. The highest BCUT2D eigenvalue weighted by Gasteiger charge is 2.51. The minimum atomic E-state index is -0.359. The normalized spacial score (nSPS) is 18.4. The Bertz CT molecular complexity index is 3900. The molecule has 0 saturated carbocycles. The second-order valence-electron chi connectivity index (χ2n) is 25.0. The van der Waals surface area contributed by atoms with Crippen LogP contribution in [0, 0.1) is 0 Å². The lowest BCUT2D eigenvalue weighted by molar-refractivity contribution is 0.332. The number of hydrogen-bond donors (Lipinski definition) is 0. The molecule has 0 atom stereocenters. The maximum absolute atomic E-state index is 7.72. The molecule has 14 rings (SSSR count). The summed E-state index contributed by atoms with van der Waals surface area (Å²) in [6.07, 6.45) is 4.53. The summed E-state index contributed by atoms with van der Waals surface area (Å²) in [6, 6.07) is 45.7. The number of hydrogen-bond acceptors (Lipinski definition) is 5. The Morgan fingerprint density at radius 2 is 1.01 bits per heavy atom. The smallest absolute Gasteiger partial charge is 0.376 e. The monoisotopic (exact) mass is 916 g/mol. The Hall–Kier alpha value is -6.66. The molecule has 0 saturated heterocycles. The molecule has 0 bridgehead atoms. The summed E-state index contributed by atoms with van der Waals surface area (Å²) in [6.45, 7) is 25.9. The van der Waals surface area contributed by atoms with Crippen LogP contribution < -0.4 is 20.8 Å². The van der Waals surface area contributed by atoms with E-state index in [1.807, 2.05) is 0 Å². The Morgan fingerprint density at radius 3 is 1.69 bits per heavy atom. The molecule has 0 unspecified atom stereocenters. The minimum absolute atomic E-state index is 0.00203. The molecule has 2 aliphatic carbocycles. The molecule has 4 aliphatic rings. The van der Waals surface area contributed by atoms with E-state index >= 15 is 0 Å². The van der Waals surface area contributed by atoms with E-state index in [0.29, 0.717) is 0 Å². The first-order valence-electron chi connectivity index (χ1n) is 25.7. The quantitative estimate of drug-likeness (QED) is 0.162. The molecule has 0 spiro atoms. The van der Waals surface area contributed by atoms with Gasteiger partial charge in [0.25, 0.3) is 0 Å². The zero-order valence-corrected chi connectivity index (χ0v) is 42.6. The van der Waals surface area contributed by atoms with Gasteiger partial charge in [-0.2, -0.15) is 0 Å². The van der Waals surface area contributed by atoms with Gasteiger partial charge in [0.05, 0.1) is 11.4 Å². The summed E-state index contributed by atoms with van der Waals surface area (Å²) < 4.78 is 21.8. The minimum Gasteiger partial charge on any atom is -0.466 e. The van der Waals surface area contributed by atoms with E-state index < -0.39 is 0 Å². The van der Waals surface area contributed by atoms with Crippen LogP contribution in [0.2, 0.25) is 0 Å². The number of anilines is 5. The van der Waals surface area contributed by atoms with Crippen molar-refractivity contribution in [2.24, 2.45) is 0 Å². The first-order chi connectivity index (χ1) is 33.3. The van der Waals surface area contributed by atoms with Crippen molar-refractivity contribution < 1.29 is 13.3 Å². The number of furan rings is 3. The number of rotatable bonds is 2. The number of benzene rings is 7. The van der Waals surface area contributed by atoms with E-state index in [2.05, 4.69) is 207 Å². The summed E-state index contributed by atoms with van der Waals surface area (Å²) in [4.78, 5) is 5.13. The molecule has 0 fully saturated rings. The Balaban J connectivity index is 1.18. The average Bonchev–Trinajstić information content (AvgIpc) is 4.02. The summed E-state index contributed by atoms with van der Waals surface area (Å²) in [5, 5.41) is 5.57. The molecule has 7 aromatic carbocycles. The molecule has 5 nitrogen and oxygen atoms in total. The van der Waals surface area contributed by atoms with Crippen LogP contribution in [-0.4, -0.2) is 6.85 Å². The van der Waals surface area contributed by atoms with E-state index in [4.69, 9.17) is 13.3 Å². The van der Waals surface area contributed by atoms with Crippen molar-refractivity contribution >= 4 is 101 Å². The van der Waals surface area contributed by atoms with Gasteiger partial charge < -0.3 is 23.0 Å². The van der Waals surface area contributed by atoms with Crippen LogP contribution in [0.15, 0.2) is 135 Å². The van der Waals surface area contributed by atoms with Gasteiger partial charge in [0, 0.05) is 55.6 Å². The van der Waals surface area contributed by atoms with Crippen molar-refractivity contribution in [2.45, 2.75) is 129 Å². The topological polar surface area (TPSA) is 45.9 Å². The van der Waals surface area contributed by atoms with Crippen molar-refractivity contribution in [3.8, 4) is 11.1 Å². The largest absolute Gasteiger partial charge is 0.466 e. The van der Waals surface area contributed by atoms with E-state index in [1.165, 1.54) is 38.8 Å². The van der Waals surface area contributed by atoms with Gasteiger partial charge in [0.15, 0.2) is 5.58 Å². The lowest BCUT2D eigenvalue weighted by Crippen LogP contribution is -2.61. The maximum Gasteiger partial charge on any atom is 0.376 e. The lowest BCUT2D eigenvalue weighted by atomic mass is 9.45. The fourth-order valence-electron chi connectivity index (χ4n) is 13.3. The van der Waals surface area contributed by atoms with Crippen LogP contribution in [0.5, 0.6) is 0 Å². The van der Waals surface area contributed by atoms with Crippen LogP contribution in [0.3, 0.4) is 0 Å². The summed E-state index contributed by atoms with van der Waals surface area (Å²) in [7, 11) is 0. The van der Waals surface area contributed by atoms with E-state index in [9.17, 15) is 0 Å². The molecule has 70 heavy (non-hydrogen) atoms. The molecule has 0 N–H and O–H groups in total. The lowest BCUT2D eigenvalue weighted by Gasteiger charge is -2.45. The third-order valence-corrected chi connectivity index (χ3v) is 17.7. The zero-order valence-electron chi connectivity index (χ0n) is 42.6. The SMILES string of the molecule is CC(C)(C)c1ccc(N2B3c4oc5cc6c(cc5c4N(c4ccc5c(c4)C(C)(C)CCC5(C)C)c4c3c(cc3c4oc4ccccc43)-c3cc4c(cc32)oc2ccccc24)C(C)(C)CCC6(C)C)cc1. The first-order valence-corrected chi connectivity index (χ1v) is 25.7. The van der Waals surface area contributed by atoms with Crippen LogP contribution in [-0.2, 0) is 27.1 Å². The van der Waals surface area contributed by atoms with Crippen molar-refractivity contribution in [3.05, 3.63) is 149 Å². The van der Waals surface area contributed by atoms with Gasteiger partial charge in [-0.3, -0.25) is 0 Å². The van der Waals surface area contributed by atoms with Gasteiger partial charge in [-0.05, 0) is 152 Å². The molecule has 0 radical (unpaired) electrons.